The summed E-state index contributed by atoms with van der Waals surface area (Å²) in [6.07, 6.45) is 3.06. The highest BCUT2D eigenvalue weighted by Crippen LogP contribution is 2.35. The molecule has 0 bridgehead atoms. The molecule has 14 heteroatoms. The summed E-state index contributed by atoms with van der Waals surface area (Å²) in [5.74, 6) is 0.357. The Bertz CT molecular complexity index is 923. The molecule has 146 valence electrons. The van der Waals surface area contributed by atoms with Gasteiger partial charge in [-0.25, -0.2) is 9.97 Å². The highest BCUT2D eigenvalue weighted by molar-refractivity contribution is 5.51. The first-order chi connectivity index (χ1) is 13.4. The van der Waals surface area contributed by atoms with E-state index >= 15 is 0 Å². The third kappa shape index (κ3) is 3.55. The van der Waals surface area contributed by atoms with Gasteiger partial charge in [0.1, 0.15) is 6.04 Å². The normalized spacial score (nSPS) is 17.4. The summed E-state index contributed by atoms with van der Waals surface area (Å²) in [7, 11) is 0. The fourth-order valence-electron chi connectivity index (χ4n) is 3.01. The number of hydrogen-bond donors (Lipinski definition) is 1. The maximum absolute atomic E-state index is 11.9. The first-order valence-corrected chi connectivity index (χ1v) is 7.96. The Morgan fingerprint density at radius 1 is 1.11 bits per heavy atom. The van der Waals surface area contributed by atoms with Gasteiger partial charge in [0, 0.05) is 25.0 Å². The third-order valence-electron chi connectivity index (χ3n) is 4.26. The van der Waals surface area contributed by atoms with Gasteiger partial charge in [-0.2, -0.15) is 0 Å². The van der Waals surface area contributed by atoms with Crippen molar-refractivity contribution in [3.05, 3.63) is 67.7 Å². The van der Waals surface area contributed by atoms with Gasteiger partial charge in [0.25, 0.3) is 11.4 Å². The van der Waals surface area contributed by atoms with Crippen molar-refractivity contribution in [2.24, 2.45) is 5.28 Å². The van der Waals surface area contributed by atoms with Crippen LogP contribution in [0.3, 0.4) is 0 Å². The van der Waals surface area contributed by atoms with Crippen LogP contribution in [0.25, 0.3) is 0 Å². The molecule has 3 rings (SSSR count). The van der Waals surface area contributed by atoms with E-state index in [9.17, 15) is 25.4 Å². The molecular weight excluding hydrogens is 376 g/mol. The second-order valence-electron chi connectivity index (χ2n) is 5.77. The molecule has 2 aromatic rings. The van der Waals surface area contributed by atoms with E-state index in [4.69, 9.17) is 5.21 Å². The van der Waals surface area contributed by atoms with Crippen LogP contribution < -0.4 is 4.90 Å². The Morgan fingerprint density at radius 3 is 2.43 bits per heavy atom. The minimum Gasteiger partial charge on any atom is -0.569 e. The van der Waals surface area contributed by atoms with Crippen LogP contribution in [-0.4, -0.2) is 54.6 Å². The Kier molecular flexibility index (Phi) is 5.10. The molecule has 0 radical (unpaired) electrons. The molecule has 1 aromatic heterocycles. The van der Waals surface area contributed by atoms with E-state index in [2.05, 4.69) is 15.2 Å². The first kappa shape index (κ1) is 18.7. The molecule has 1 aliphatic heterocycles. The Morgan fingerprint density at radius 2 is 1.82 bits per heavy atom. The zero-order chi connectivity index (χ0) is 20.3. The van der Waals surface area contributed by atoms with Crippen LogP contribution in [0.2, 0.25) is 0 Å². The topological polar surface area (TPSA) is 177 Å². The van der Waals surface area contributed by atoms with Crippen LogP contribution in [0.15, 0.2) is 41.9 Å². The summed E-state index contributed by atoms with van der Waals surface area (Å²) >= 11 is 0. The molecule has 0 aliphatic carbocycles. The van der Waals surface area contributed by atoms with Crippen molar-refractivity contribution in [1.29, 1.82) is 0 Å². The van der Waals surface area contributed by atoms with Gasteiger partial charge in [0.15, 0.2) is 0 Å². The third-order valence-corrected chi connectivity index (χ3v) is 4.26. The minimum absolute atomic E-state index is 0.0463. The lowest BCUT2D eigenvalue weighted by Crippen LogP contribution is -2.51. The van der Waals surface area contributed by atoms with Crippen molar-refractivity contribution < 1.29 is 20.0 Å². The molecule has 2 heterocycles. The van der Waals surface area contributed by atoms with Crippen molar-refractivity contribution in [3.8, 4) is 0 Å². The summed E-state index contributed by atoms with van der Waals surface area (Å²) in [6.45, 7) is 0.386. The molecule has 0 amide bonds. The number of nitrogens with zero attached hydrogens (tertiary/aromatic N) is 8. The van der Waals surface area contributed by atoms with Gasteiger partial charge >= 0.3 is 0 Å². The molecule has 0 saturated carbocycles. The predicted molar refractivity (Wildman–Crippen MR) is 91.3 cm³/mol. The molecule has 0 spiro atoms. The molecular formula is C14H14N8O6. The molecule has 1 aromatic carbocycles. The summed E-state index contributed by atoms with van der Waals surface area (Å²) in [4.78, 5) is 30.8. The van der Waals surface area contributed by atoms with E-state index in [1.54, 1.807) is 11.0 Å². The van der Waals surface area contributed by atoms with E-state index in [0.717, 1.165) is 17.1 Å². The van der Waals surface area contributed by atoms with Gasteiger partial charge in [-0.3, -0.25) is 20.2 Å². The zero-order valence-electron chi connectivity index (χ0n) is 14.2. The fraction of sp³-hybridized carbons (Fsp3) is 0.286. The largest absolute Gasteiger partial charge is 0.569 e. The van der Waals surface area contributed by atoms with Crippen molar-refractivity contribution in [2.75, 3.05) is 24.5 Å². The molecule has 14 nitrogen and oxygen atoms in total. The number of benzene rings is 1. The molecule has 1 saturated heterocycles. The lowest BCUT2D eigenvalue weighted by atomic mass is 10.0. The highest BCUT2D eigenvalue weighted by atomic mass is 16.6. The number of anilines is 1. The van der Waals surface area contributed by atoms with Crippen molar-refractivity contribution in [3.63, 3.8) is 0 Å². The van der Waals surface area contributed by atoms with E-state index in [1.807, 2.05) is 0 Å². The number of piperazine rings is 1. The highest BCUT2D eigenvalue weighted by Gasteiger charge is 2.39. The van der Waals surface area contributed by atoms with E-state index in [0.29, 0.717) is 5.95 Å². The van der Waals surface area contributed by atoms with Crippen LogP contribution >= 0.6 is 0 Å². The van der Waals surface area contributed by atoms with Crippen LogP contribution in [0.4, 0.5) is 17.3 Å². The Hall–Kier alpha value is -4.10. The van der Waals surface area contributed by atoms with Crippen LogP contribution in [0, 0.1) is 25.4 Å². The lowest BCUT2D eigenvalue weighted by molar-refractivity contribution is -0.719. The fourth-order valence-corrected chi connectivity index (χ4v) is 3.01. The first-order valence-electron chi connectivity index (χ1n) is 7.96. The van der Waals surface area contributed by atoms with E-state index < -0.39 is 27.3 Å². The quantitative estimate of drug-likeness (QED) is 0.340. The van der Waals surface area contributed by atoms with Crippen LogP contribution in [0.5, 0.6) is 0 Å². The summed E-state index contributed by atoms with van der Waals surface area (Å²) < 4.78 is 0. The van der Waals surface area contributed by atoms with Gasteiger partial charge in [0.05, 0.1) is 39.5 Å². The second-order valence-corrected chi connectivity index (χ2v) is 5.77. The van der Waals surface area contributed by atoms with E-state index in [-0.39, 0.29) is 30.2 Å². The Balaban J connectivity index is 2.05. The van der Waals surface area contributed by atoms with Crippen molar-refractivity contribution in [2.45, 2.75) is 6.04 Å². The molecule has 1 fully saturated rings. The average molecular weight is 390 g/mol. The average Bonchev–Trinajstić information content (AvgIpc) is 2.72. The zero-order valence-corrected chi connectivity index (χ0v) is 14.2. The van der Waals surface area contributed by atoms with Crippen molar-refractivity contribution in [1.82, 2.24) is 15.0 Å². The summed E-state index contributed by atoms with van der Waals surface area (Å²) in [6, 6.07) is 3.85. The lowest BCUT2D eigenvalue weighted by Gasteiger charge is -2.37. The van der Waals surface area contributed by atoms with Gasteiger partial charge < -0.3 is 15.3 Å². The Labute approximate surface area is 156 Å². The smallest absolute Gasteiger partial charge is 0.281 e. The minimum atomic E-state index is -0.938. The van der Waals surface area contributed by atoms with Gasteiger partial charge in [-0.1, -0.05) is 0 Å². The molecule has 28 heavy (non-hydrogen) atoms. The number of aromatic nitrogens is 2. The van der Waals surface area contributed by atoms with Crippen molar-refractivity contribution >= 4 is 17.3 Å². The molecule has 1 N–H and O–H groups in total. The van der Waals surface area contributed by atoms with Gasteiger partial charge in [0.2, 0.25) is 11.2 Å². The number of nitro groups is 2. The van der Waals surface area contributed by atoms with Crippen LogP contribution in [-0.2, 0) is 0 Å². The summed E-state index contributed by atoms with van der Waals surface area (Å²) in [5.41, 5.74) is -0.918. The monoisotopic (exact) mass is 390 g/mol. The van der Waals surface area contributed by atoms with Gasteiger partial charge in [-0.15, -0.1) is 5.01 Å². The predicted octanol–water partition coefficient (Wildman–Crippen LogP) is 1.42. The maximum atomic E-state index is 11.9. The number of rotatable bonds is 5. The molecule has 1 unspecified atom stereocenters. The van der Waals surface area contributed by atoms with Crippen LogP contribution in [0.1, 0.15) is 11.6 Å². The molecule has 1 aliphatic rings. The number of nitro benzene ring substituents is 2. The standard InChI is InChI=1S/C14H14N8O6/c23-17-22(28)19-7-6-18(14-15-4-1-5-16-14)9-13(19)11-3-2-10(20(24)25)8-12(11)21(26)27/h1-5,8,13,23H,6-7,9H2. The van der Waals surface area contributed by atoms with Gasteiger partial charge in [-0.05, 0) is 12.1 Å². The summed E-state index contributed by atoms with van der Waals surface area (Å²) in [5, 5.41) is 46.9. The maximum Gasteiger partial charge on any atom is 0.281 e. The number of hydrazine groups is 1. The number of non-ortho nitro benzene ring substituents is 1. The molecule has 1 atom stereocenters. The second kappa shape index (κ2) is 7.65. The van der Waals surface area contributed by atoms with E-state index in [1.165, 1.54) is 18.5 Å². The SMILES string of the molecule is O=[N+]([O-])c1ccc(C2CN(c3ncccn3)CCN2[N+]([O-])=NO)c([N+](=O)[O-])c1. The number of hydrogen-bond acceptors (Lipinski definition) is 9.